The molecular formula is C17H10Cl2I2N2O2. The average molecular weight is 599 g/mol. The largest absolute Gasteiger partial charge is 0.487 e. The summed E-state index contributed by atoms with van der Waals surface area (Å²) in [6.07, 6.45) is 1.45. The molecular weight excluding hydrogens is 589 g/mol. The summed E-state index contributed by atoms with van der Waals surface area (Å²) in [5, 5.41) is 10.0. The fraction of sp³-hybridized carbons (Fsp3) is 0.0588. The van der Waals surface area contributed by atoms with Crippen LogP contribution in [-0.2, 0) is 11.4 Å². The standard InChI is InChI=1S/C17H10Cl2I2N2O2/c18-12-2-1-10(13(19)6-12)8-25-16-14(20)4-9(5-15(16)21)3-11(7-22)17(23)24/h1-6H,8H2,(H2,23,24)/b11-3+. The molecule has 0 spiro atoms. The SMILES string of the molecule is N#C/C(=C\c1cc(I)c(OCc2ccc(Cl)cc2Cl)c(I)c1)C(N)=O. The zero-order valence-electron chi connectivity index (χ0n) is 12.5. The minimum absolute atomic E-state index is 0.104. The first-order valence-electron chi connectivity index (χ1n) is 6.79. The number of nitrogens with zero attached hydrogens (tertiary/aromatic N) is 1. The lowest BCUT2D eigenvalue weighted by molar-refractivity contribution is -0.114. The summed E-state index contributed by atoms with van der Waals surface area (Å²) < 4.78 is 7.56. The first-order valence-corrected chi connectivity index (χ1v) is 9.70. The Morgan fingerprint density at radius 1 is 1.24 bits per heavy atom. The van der Waals surface area contributed by atoms with Gasteiger partial charge < -0.3 is 10.5 Å². The van der Waals surface area contributed by atoms with E-state index in [0.29, 0.717) is 28.0 Å². The van der Waals surface area contributed by atoms with Crippen molar-refractivity contribution in [2.45, 2.75) is 6.61 Å². The minimum atomic E-state index is -0.759. The van der Waals surface area contributed by atoms with E-state index in [-0.39, 0.29) is 5.57 Å². The second kappa shape index (κ2) is 9.07. The van der Waals surface area contributed by atoms with Gasteiger partial charge in [0.05, 0.1) is 7.14 Å². The molecule has 0 fully saturated rings. The van der Waals surface area contributed by atoms with E-state index >= 15 is 0 Å². The second-order valence-corrected chi connectivity index (χ2v) is 8.04. The predicted molar refractivity (Wildman–Crippen MR) is 115 cm³/mol. The number of halogens is 4. The molecule has 2 N–H and O–H groups in total. The first-order chi connectivity index (χ1) is 11.8. The van der Waals surface area contributed by atoms with Crippen molar-refractivity contribution in [3.8, 4) is 11.8 Å². The Kier molecular flexibility index (Phi) is 7.37. The molecule has 0 heterocycles. The van der Waals surface area contributed by atoms with Crippen molar-refractivity contribution in [1.29, 1.82) is 5.26 Å². The van der Waals surface area contributed by atoms with Crippen LogP contribution >= 0.6 is 68.4 Å². The summed E-state index contributed by atoms with van der Waals surface area (Å²) in [7, 11) is 0. The zero-order valence-corrected chi connectivity index (χ0v) is 18.4. The molecule has 0 unspecified atom stereocenters. The Balaban J connectivity index is 2.26. The number of carbonyl (C=O) groups is 1. The Labute approximate surface area is 182 Å². The van der Waals surface area contributed by atoms with Crippen LogP contribution in [0.4, 0.5) is 0 Å². The van der Waals surface area contributed by atoms with Gasteiger partial charge in [0.25, 0.3) is 5.91 Å². The average Bonchev–Trinajstić information content (AvgIpc) is 2.53. The van der Waals surface area contributed by atoms with Crippen LogP contribution in [-0.4, -0.2) is 5.91 Å². The molecule has 128 valence electrons. The van der Waals surface area contributed by atoms with E-state index in [0.717, 1.165) is 12.7 Å². The zero-order chi connectivity index (χ0) is 18.6. The monoisotopic (exact) mass is 598 g/mol. The van der Waals surface area contributed by atoms with Crippen molar-refractivity contribution in [2.24, 2.45) is 5.73 Å². The Morgan fingerprint density at radius 3 is 2.40 bits per heavy atom. The van der Waals surface area contributed by atoms with Crippen LogP contribution in [0.3, 0.4) is 0 Å². The quantitative estimate of drug-likeness (QED) is 0.293. The van der Waals surface area contributed by atoms with Crippen molar-refractivity contribution in [3.05, 3.63) is 64.2 Å². The lowest BCUT2D eigenvalue weighted by Gasteiger charge is -2.12. The molecule has 2 aromatic rings. The molecule has 0 saturated carbocycles. The number of benzene rings is 2. The van der Waals surface area contributed by atoms with Gasteiger partial charge in [0.15, 0.2) is 0 Å². The Morgan fingerprint density at radius 2 is 1.88 bits per heavy atom. The molecule has 2 rings (SSSR count). The van der Waals surface area contributed by atoms with Crippen LogP contribution in [0.1, 0.15) is 11.1 Å². The highest BCUT2D eigenvalue weighted by Gasteiger charge is 2.11. The van der Waals surface area contributed by atoms with Crippen molar-refractivity contribution < 1.29 is 9.53 Å². The van der Waals surface area contributed by atoms with Gasteiger partial charge in [-0.25, -0.2) is 0 Å². The molecule has 0 bridgehead atoms. The maximum absolute atomic E-state index is 11.2. The molecule has 0 aliphatic rings. The van der Waals surface area contributed by atoms with Crippen LogP contribution in [0.25, 0.3) is 6.08 Å². The van der Waals surface area contributed by atoms with Crippen LogP contribution in [0.15, 0.2) is 35.9 Å². The molecule has 0 atom stereocenters. The van der Waals surface area contributed by atoms with Crippen molar-refractivity contribution in [2.75, 3.05) is 0 Å². The van der Waals surface area contributed by atoms with E-state index in [1.165, 1.54) is 6.08 Å². The first kappa shape index (κ1) is 20.3. The number of nitriles is 1. The third kappa shape index (κ3) is 5.48. The molecule has 0 aliphatic carbocycles. The van der Waals surface area contributed by atoms with Gasteiger partial charge >= 0.3 is 0 Å². The molecule has 1 amide bonds. The second-order valence-electron chi connectivity index (χ2n) is 4.87. The molecule has 8 heteroatoms. The van der Waals surface area contributed by atoms with Gasteiger partial charge in [-0.2, -0.15) is 5.26 Å². The number of primary amides is 1. The molecule has 0 saturated heterocycles. The lowest BCUT2D eigenvalue weighted by Crippen LogP contribution is -2.12. The molecule has 4 nitrogen and oxygen atoms in total. The van der Waals surface area contributed by atoms with Crippen molar-refractivity contribution in [1.82, 2.24) is 0 Å². The highest BCUT2D eigenvalue weighted by molar-refractivity contribution is 14.1. The van der Waals surface area contributed by atoms with E-state index in [9.17, 15) is 4.79 Å². The smallest absolute Gasteiger partial charge is 0.259 e. The molecule has 0 aromatic heterocycles. The highest BCUT2D eigenvalue weighted by Crippen LogP contribution is 2.31. The summed E-state index contributed by atoms with van der Waals surface area (Å²) in [5.74, 6) is -0.0628. The summed E-state index contributed by atoms with van der Waals surface area (Å²) in [4.78, 5) is 11.2. The number of hydrogen-bond acceptors (Lipinski definition) is 3. The van der Waals surface area contributed by atoms with Gasteiger partial charge in [0.1, 0.15) is 24.0 Å². The van der Waals surface area contributed by atoms with Crippen LogP contribution in [0, 0.1) is 18.5 Å². The van der Waals surface area contributed by atoms with Gasteiger partial charge in [-0.3, -0.25) is 4.79 Å². The normalized spacial score (nSPS) is 11.1. The van der Waals surface area contributed by atoms with Gasteiger partial charge in [0, 0.05) is 15.6 Å². The molecule has 0 aliphatic heterocycles. The van der Waals surface area contributed by atoms with E-state index < -0.39 is 5.91 Å². The van der Waals surface area contributed by atoms with Gasteiger partial charge in [0.2, 0.25) is 0 Å². The fourth-order valence-electron chi connectivity index (χ4n) is 1.91. The summed E-state index contributed by atoms with van der Waals surface area (Å²) in [6, 6.07) is 10.6. The van der Waals surface area contributed by atoms with Gasteiger partial charge in [-0.05, 0) is 81.1 Å². The predicted octanol–water partition coefficient (Wildman–Crippen LogP) is 5.17. The van der Waals surface area contributed by atoms with Gasteiger partial charge in [-0.1, -0.05) is 29.3 Å². The third-order valence-corrected chi connectivity index (χ3v) is 5.29. The fourth-order valence-corrected chi connectivity index (χ4v) is 4.51. The van der Waals surface area contributed by atoms with E-state index in [2.05, 4.69) is 45.2 Å². The van der Waals surface area contributed by atoms with E-state index in [1.54, 1.807) is 18.2 Å². The van der Waals surface area contributed by atoms with Gasteiger partial charge in [-0.15, -0.1) is 0 Å². The topological polar surface area (TPSA) is 76.1 Å². The number of carbonyl (C=O) groups excluding carboxylic acids is 1. The molecule has 25 heavy (non-hydrogen) atoms. The lowest BCUT2D eigenvalue weighted by atomic mass is 10.1. The molecule has 0 radical (unpaired) electrons. The Bertz CT molecular complexity index is 885. The Hall–Kier alpha value is -1.02. The number of nitrogens with two attached hydrogens (primary N) is 1. The van der Waals surface area contributed by atoms with E-state index in [4.69, 9.17) is 38.9 Å². The summed E-state index contributed by atoms with van der Waals surface area (Å²) in [5.41, 5.74) is 6.57. The summed E-state index contributed by atoms with van der Waals surface area (Å²) in [6.45, 7) is 0.294. The maximum atomic E-state index is 11.2. The van der Waals surface area contributed by atoms with Crippen LogP contribution < -0.4 is 10.5 Å². The van der Waals surface area contributed by atoms with Crippen molar-refractivity contribution >= 4 is 80.4 Å². The maximum Gasteiger partial charge on any atom is 0.259 e. The van der Waals surface area contributed by atoms with Crippen LogP contribution in [0.2, 0.25) is 10.0 Å². The highest BCUT2D eigenvalue weighted by atomic mass is 127. The number of ether oxygens (including phenoxy) is 1. The number of amides is 1. The third-order valence-electron chi connectivity index (χ3n) is 3.10. The number of hydrogen-bond donors (Lipinski definition) is 1. The number of rotatable bonds is 5. The summed E-state index contributed by atoms with van der Waals surface area (Å²) >= 11 is 16.3. The minimum Gasteiger partial charge on any atom is -0.487 e. The van der Waals surface area contributed by atoms with Crippen molar-refractivity contribution in [3.63, 3.8) is 0 Å². The van der Waals surface area contributed by atoms with Crippen LogP contribution in [0.5, 0.6) is 5.75 Å². The van der Waals surface area contributed by atoms with E-state index in [1.807, 2.05) is 18.2 Å². The molecule has 2 aromatic carbocycles.